The van der Waals surface area contributed by atoms with Crippen LogP contribution in [0.1, 0.15) is 5.56 Å². The van der Waals surface area contributed by atoms with Crippen molar-refractivity contribution < 1.29 is 14.3 Å². The maximum atomic E-state index is 11.8. The maximum Gasteiger partial charge on any atom is 0.260 e. The Balaban J connectivity index is 1.84. The summed E-state index contributed by atoms with van der Waals surface area (Å²) in [6.45, 7) is 2.41. The summed E-state index contributed by atoms with van der Waals surface area (Å²) in [6, 6.07) is 6.78. The van der Waals surface area contributed by atoms with E-state index in [0.29, 0.717) is 37.6 Å². The van der Waals surface area contributed by atoms with Crippen molar-refractivity contribution in [2.45, 2.75) is 0 Å². The van der Waals surface area contributed by atoms with E-state index >= 15 is 0 Å². The van der Waals surface area contributed by atoms with Crippen LogP contribution < -0.4 is 10.5 Å². The standard InChI is InChI=1S/C13H17N3O3/c14-13(15)10-1-3-11(4-2-10)19-9-12(17)16-5-7-18-8-6-16/h1-4H,5-9H2,(H3,14,15). The molecular formula is C13H17N3O3. The first-order valence-electron chi connectivity index (χ1n) is 6.09. The van der Waals surface area contributed by atoms with E-state index in [1.54, 1.807) is 29.2 Å². The fourth-order valence-corrected chi connectivity index (χ4v) is 1.78. The van der Waals surface area contributed by atoms with Crippen molar-refractivity contribution in [3.8, 4) is 5.75 Å². The molecule has 0 spiro atoms. The topological polar surface area (TPSA) is 88.6 Å². The van der Waals surface area contributed by atoms with Gasteiger partial charge in [0, 0.05) is 18.7 Å². The van der Waals surface area contributed by atoms with Gasteiger partial charge in [0.1, 0.15) is 11.6 Å². The van der Waals surface area contributed by atoms with E-state index < -0.39 is 0 Å². The number of ether oxygens (including phenoxy) is 2. The normalized spacial score (nSPS) is 15.1. The van der Waals surface area contributed by atoms with Gasteiger partial charge >= 0.3 is 0 Å². The highest BCUT2D eigenvalue weighted by molar-refractivity contribution is 5.94. The van der Waals surface area contributed by atoms with Gasteiger partial charge in [0.2, 0.25) is 0 Å². The van der Waals surface area contributed by atoms with Crippen LogP contribution in [-0.4, -0.2) is 49.6 Å². The van der Waals surface area contributed by atoms with Crippen molar-refractivity contribution in [3.05, 3.63) is 29.8 Å². The summed E-state index contributed by atoms with van der Waals surface area (Å²) in [7, 11) is 0. The van der Waals surface area contributed by atoms with Gasteiger partial charge in [-0.1, -0.05) is 0 Å². The van der Waals surface area contributed by atoms with Gasteiger partial charge in [-0.25, -0.2) is 0 Å². The van der Waals surface area contributed by atoms with Gasteiger partial charge in [0.05, 0.1) is 13.2 Å². The molecular weight excluding hydrogens is 246 g/mol. The molecule has 1 fully saturated rings. The third-order valence-corrected chi connectivity index (χ3v) is 2.89. The first kappa shape index (κ1) is 13.4. The Kier molecular flexibility index (Phi) is 4.35. The lowest BCUT2D eigenvalue weighted by molar-refractivity contribution is -0.137. The van der Waals surface area contributed by atoms with Crippen LogP contribution in [-0.2, 0) is 9.53 Å². The highest BCUT2D eigenvalue weighted by Gasteiger charge is 2.16. The van der Waals surface area contributed by atoms with Crippen molar-refractivity contribution in [1.82, 2.24) is 4.90 Å². The number of nitrogen functional groups attached to an aromatic ring is 1. The molecule has 0 atom stereocenters. The highest BCUT2D eigenvalue weighted by atomic mass is 16.5. The molecule has 0 saturated carbocycles. The fourth-order valence-electron chi connectivity index (χ4n) is 1.78. The van der Waals surface area contributed by atoms with E-state index in [4.69, 9.17) is 20.6 Å². The maximum absolute atomic E-state index is 11.8. The van der Waals surface area contributed by atoms with E-state index in [-0.39, 0.29) is 18.3 Å². The number of hydrogen-bond acceptors (Lipinski definition) is 4. The average molecular weight is 263 g/mol. The summed E-state index contributed by atoms with van der Waals surface area (Å²) in [5.41, 5.74) is 5.98. The molecule has 102 valence electrons. The van der Waals surface area contributed by atoms with Crippen LogP contribution in [0.5, 0.6) is 5.75 Å². The van der Waals surface area contributed by atoms with Gasteiger partial charge in [0.15, 0.2) is 6.61 Å². The van der Waals surface area contributed by atoms with Gasteiger partial charge in [-0.05, 0) is 24.3 Å². The number of amides is 1. The summed E-state index contributed by atoms with van der Waals surface area (Å²) in [6.07, 6.45) is 0. The molecule has 3 N–H and O–H groups in total. The second-order valence-corrected chi connectivity index (χ2v) is 4.22. The first-order chi connectivity index (χ1) is 9.16. The summed E-state index contributed by atoms with van der Waals surface area (Å²) < 4.78 is 10.6. The minimum absolute atomic E-state index is 0.0101. The molecule has 2 rings (SSSR count). The van der Waals surface area contributed by atoms with Gasteiger partial charge in [-0.2, -0.15) is 0 Å². The zero-order chi connectivity index (χ0) is 13.7. The Morgan fingerprint density at radius 1 is 1.32 bits per heavy atom. The molecule has 6 nitrogen and oxygen atoms in total. The highest BCUT2D eigenvalue weighted by Crippen LogP contribution is 2.12. The van der Waals surface area contributed by atoms with Crippen molar-refractivity contribution in [1.29, 1.82) is 5.41 Å². The SMILES string of the molecule is N=C(N)c1ccc(OCC(=O)N2CCOCC2)cc1. The minimum Gasteiger partial charge on any atom is -0.484 e. The lowest BCUT2D eigenvalue weighted by Crippen LogP contribution is -2.42. The molecule has 1 heterocycles. The number of nitrogens with zero attached hydrogens (tertiary/aromatic N) is 1. The molecule has 1 aromatic carbocycles. The summed E-state index contributed by atoms with van der Waals surface area (Å²) in [5, 5.41) is 7.27. The number of rotatable bonds is 4. The minimum atomic E-state index is -0.0426. The average Bonchev–Trinajstić information content (AvgIpc) is 2.46. The van der Waals surface area contributed by atoms with Crippen molar-refractivity contribution in [3.63, 3.8) is 0 Å². The number of benzene rings is 1. The monoisotopic (exact) mass is 263 g/mol. The number of nitrogens with two attached hydrogens (primary N) is 1. The number of amidine groups is 1. The lowest BCUT2D eigenvalue weighted by Gasteiger charge is -2.26. The molecule has 1 amide bonds. The van der Waals surface area contributed by atoms with Crippen LogP contribution in [0.15, 0.2) is 24.3 Å². The first-order valence-corrected chi connectivity index (χ1v) is 6.09. The largest absolute Gasteiger partial charge is 0.484 e. The molecule has 19 heavy (non-hydrogen) atoms. The van der Waals surface area contributed by atoms with Crippen LogP contribution in [0, 0.1) is 5.41 Å². The van der Waals surface area contributed by atoms with Gasteiger partial charge in [-0.3, -0.25) is 10.2 Å². The molecule has 0 aromatic heterocycles. The van der Waals surface area contributed by atoms with E-state index in [1.807, 2.05) is 0 Å². The van der Waals surface area contributed by atoms with E-state index in [0.717, 1.165) is 0 Å². The molecule has 0 aliphatic carbocycles. The van der Waals surface area contributed by atoms with E-state index in [1.165, 1.54) is 0 Å². The number of hydrogen-bond donors (Lipinski definition) is 2. The Hall–Kier alpha value is -2.08. The van der Waals surface area contributed by atoms with Crippen LogP contribution in [0.2, 0.25) is 0 Å². The van der Waals surface area contributed by atoms with Gasteiger partial charge in [0.25, 0.3) is 5.91 Å². The van der Waals surface area contributed by atoms with Crippen molar-refractivity contribution in [2.24, 2.45) is 5.73 Å². The Morgan fingerprint density at radius 3 is 2.53 bits per heavy atom. The van der Waals surface area contributed by atoms with Crippen LogP contribution >= 0.6 is 0 Å². The third-order valence-electron chi connectivity index (χ3n) is 2.89. The fraction of sp³-hybridized carbons (Fsp3) is 0.385. The van der Waals surface area contributed by atoms with Crippen LogP contribution in [0.25, 0.3) is 0 Å². The second kappa shape index (κ2) is 6.19. The van der Waals surface area contributed by atoms with Crippen molar-refractivity contribution >= 4 is 11.7 Å². The Morgan fingerprint density at radius 2 is 1.95 bits per heavy atom. The Labute approximate surface area is 111 Å². The quantitative estimate of drug-likeness (QED) is 0.600. The van der Waals surface area contributed by atoms with Gasteiger partial charge < -0.3 is 20.1 Å². The molecule has 1 aromatic rings. The molecule has 0 radical (unpaired) electrons. The second-order valence-electron chi connectivity index (χ2n) is 4.22. The molecule has 1 saturated heterocycles. The molecule has 6 heteroatoms. The smallest absolute Gasteiger partial charge is 0.260 e. The molecule has 0 unspecified atom stereocenters. The number of carbonyl (C=O) groups excluding carboxylic acids is 1. The summed E-state index contributed by atoms with van der Waals surface area (Å²) in [4.78, 5) is 13.6. The third kappa shape index (κ3) is 3.69. The predicted molar refractivity (Wildman–Crippen MR) is 70.4 cm³/mol. The molecule has 1 aliphatic heterocycles. The number of carbonyl (C=O) groups is 1. The summed E-state index contributed by atoms with van der Waals surface area (Å²) >= 11 is 0. The number of nitrogens with one attached hydrogen (secondary N) is 1. The summed E-state index contributed by atoms with van der Waals surface area (Å²) in [5.74, 6) is 0.557. The lowest BCUT2D eigenvalue weighted by atomic mass is 10.2. The molecule has 0 bridgehead atoms. The number of morpholine rings is 1. The van der Waals surface area contributed by atoms with E-state index in [9.17, 15) is 4.79 Å². The van der Waals surface area contributed by atoms with Gasteiger partial charge in [-0.15, -0.1) is 0 Å². The zero-order valence-corrected chi connectivity index (χ0v) is 10.6. The van der Waals surface area contributed by atoms with Crippen LogP contribution in [0.3, 0.4) is 0 Å². The zero-order valence-electron chi connectivity index (χ0n) is 10.6. The van der Waals surface area contributed by atoms with Crippen molar-refractivity contribution in [2.75, 3.05) is 32.9 Å². The molecule has 1 aliphatic rings. The predicted octanol–water partition coefficient (Wildman–Crippen LogP) is 0.208. The van der Waals surface area contributed by atoms with E-state index in [2.05, 4.69) is 0 Å². The Bertz CT molecular complexity index is 453. The van der Waals surface area contributed by atoms with Crippen LogP contribution in [0.4, 0.5) is 0 Å².